The number of likely N-dealkylation sites (tertiary alicyclic amines) is 1. The highest BCUT2D eigenvalue weighted by atomic mass is 35.5. The Morgan fingerprint density at radius 1 is 1.16 bits per heavy atom. The van der Waals surface area contributed by atoms with E-state index >= 15 is 0 Å². The number of halogens is 4. The van der Waals surface area contributed by atoms with E-state index in [4.69, 9.17) is 11.6 Å². The first-order valence-corrected chi connectivity index (χ1v) is 10.6. The van der Waals surface area contributed by atoms with Crippen molar-refractivity contribution in [1.82, 2.24) is 10.2 Å². The zero-order valence-electron chi connectivity index (χ0n) is 16.7. The number of aliphatic carboxylic acids is 1. The Hall–Kier alpha value is -2.29. The maximum Gasteiger partial charge on any atom is 0.408 e. The third-order valence-electron chi connectivity index (χ3n) is 6.10. The van der Waals surface area contributed by atoms with Crippen molar-refractivity contribution in [2.45, 2.75) is 63.2 Å². The number of aryl methyl sites for hydroxylation is 1. The van der Waals surface area contributed by atoms with Crippen molar-refractivity contribution in [3.63, 3.8) is 0 Å². The molecule has 0 aromatic heterocycles. The van der Waals surface area contributed by atoms with Gasteiger partial charge in [-0.3, -0.25) is 4.79 Å². The average molecular weight is 461 g/mol. The topological polar surface area (TPSA) is 86.7 Å². The van der Waals surface area contributed by atoms with Crippen LogP contribution in [0.25, 0.3) is 0 Å². The van der Waals surface area contributed by atoms with Crippen LogP contribution in [-0.2, 0) is 16.0 Å². The molecule has 6 nitrogen and oxygen atoms in total. The van der Waals surface area contributed by atoms with Crippen molar-refractivity contribution in [2.75, 3.05) is 0 Å². The smallest absolute Gasteiger partial charge is 0.408 e. The Morgan fingerprint density at radius 2 is 1.77 bits per heavy atom. The van der Waals surface area contributed by atoms with Gasteiger partial charge in [-0.05, 0) is 49.3 Å². The highest BCUT2D eigenvalue weighted by Crippen LogP contribution is 2.36. The second-order valence-corrected chi connectivity index (χ2v) is 8.57. The molecule has 0 radical (unpaired) electrons. The van der Waals surface area contributed by atoms with Gasteiger partial charge < -0.3 is 10.4 Å². The summed E-state index contributed by atoms with van der Waals surface area (Å²) >= 11 is 5.82. The molecule has 3 amide bonds. The normalized spacial score (nSPS) is 23.2. The minimum absolute atomic E-state index is 0.159. The number of hydrogen-bond donors (Lipinski definition) is 2. The zero-order valence-corrected chi connectivity index (χ0v) is 17.5. The number of carboxylic acid groups (broad SMARTS) is 1. The van der Waals surface area contributed by atoms with Gasteiger partial charge in [0, 0.05) is 5.02 Å². The molecular weight excluding hydrogens is 437 g/mol. The van der Waals surface area contributed by atoms with Gasteiger partial charge in [-0.15, -0.1) is 0 Å². The summed E-state index contributed by atoms with van der Waals surface area (Å²) in [6, 6.07) is 1.92. The van der Waals surface area contributed by atoms with E-state index in [0.717, 1.165) is 12.0 Å². The van der Waals surface area contributed by atoms with Crippen LogP contribution in [0.1, 0.15) is 44.1 Å². The number of urea groups is 1. The molecule has 0 spiro atoms. The maximum atomic E-state index is 13.6. The van der Waals surface area contributed by atoms with Gasteiger partial charge in [0.2, 0.25) is 5.91 Å². The molecule has 1 aliphatic carbocycles. The van der Waals surface area contributed by atoms with E-state index in [1.165, 1.54) is 0 Å². The van der Waals surface area contributed by atoms with Gasteiger partial charge in [0.05, 0.1) is 5.92 Å². The second-order valence-electron chi connectivity index (χ2n) is 8.13. The number of β-lactam (4-membered cyclic amide) rings is 1. The van der Waals surface area contributed by atoms with Crippen LogP contribution < -0.4 is 5.32 Å². The largest absolute Gasteiger partial charge is 0.480 e. The van der Waals surface area contributed by atoms with Gasteiger partial charge in [0.15, 0.2) is 6.04 Å². The SMILES string of the molecule is O=C(O)[C@@H]1[C@@H](CCc2ccc(Cl)cc2)C(=O)N1C(=O)N[C@@H](C1CCCCC1)C(F)(F)F. The molecular formula is C21H24ClF3N2O4. The van der Waals surface area contributed by atoms with Gasteiger partial charge in [-0.1, -0.05) is 43.0 Å². The van der Waals surface area contributed by atoms with E-state index in [0.29, 0.717) is 42.0 Å². The Balaban J connectivity index is 1.67. The van der Waals surface area contributed by atoms with Gasteiger partial charge in [-0.25, -0.2) is 14.5 Å². The Labute approximate surface area is 182 Å². The molecule has 1 aromatic carbocycles. The number of alkyl halides is 3. The molecule has 3 atom stereocenters. The van der Waals surface area contributed by atoms with E-state index in [1.807, 2.05) is 5.32 Å². The summed E-state index contributed by atoms with van der Waals surface area (Å²) in [6.07, 6.45) is -1.38. The van der Waals surface area contributed by atoms with Crippen LogP contribution in [-0.4, -0.2) is 46.2 Å². The quantitative estimate of drug-likeness (QED) is 0.616. The molecule has 0 bridgehead atoms. The summed E-state index contributed by atoms with van der Waals surface area (Å²) in [4.78, 5) is 37.1. The average Bonchev–Trinajstić information content (AvgIpc) is 2.71. The van der Waals surface area contributed by atoms with Gasteiger partial charge in [0.1, 0.15) is 6.04 Å². The molecule has 31 heavy (non-hydrogen) atoms. The third kappa shape index (κ3) is 5.31. The van der Waals surface area contributed by atoms with Crippen LogP contribution in [0.2, 0.25) is 5.02 Å². The number of nitrogens with one attached hydrogen (secondary N) is 1. The molecule has 1 heterocycles. The molecule has 1 aromatic rings. The minimum atomic E-state index is -4.68. The lowest BCUT2D eigenvalue weighted by Gasteiger charge is -2.44. The van der Waals surface area contributed by atoms with Crippen LogP contribution in [0, 0.1) is 11.8 Å². The fraction of sp³-hybridized carbons (Fsp3) is 0.571. The predicted molar refractivity (Wildman–Crippen MR) is 106 cm³/mol. The number of carbonyl (C=O) groups excluding carboxylic acids is 2. The number of benzene rings is 1. The molecule has 10 heteroatoms. The van der Waals surface area contributed by atoms with Crippen LogP contribution in [0.4, 0.5) is 18.0 Å². The number of imide groups is 1. The van der Waals surface area contributed by atoms with Crippen LogP contribution in [0.15, 0.2) is 24.3 Å². The van der Waals surface area contributed by atoms with Gasteiger partial charge in [-0.2, -0.15) is 13.2 Å². The van der Waals surface area contributed by atoms with E-state index in [2.05, 4.69) is 0 Å². The van der Waals surface area contributed by atoms with Crippen LogP contribution in [0.5, 0.6) is 0 Å². The summed E-state index contributed by atoms with van der Waals surface area (Å²) in [5.74, 6) is -3.95. The first kappa shape index (κ1) is 23.4. The summed E-state index contributed by atoms with van der Waals surface area (Å²) in [5, 5.41) is 11.9. The van der Waals surface area contributed by atoms with Crippen molar-refractivity contribution in [3.8, 4) is 0 Å². The van der Waals surface area contributed by atoms with E-state index < -0.39 is 48.0 Å². The number of hydrogen-bond acceptors (Lipinski definition) is 3. The van der Waals surface area contributed by atoms with Gasteiger partial charge in [0.25, 0.3) is 0 Å². The first-order chi connectivity index (χ1) is 14.6. The Bertz CT molecular complexity index is 825. The fourth-order valence-corrected chi connectivity index (χ4v) is 4.58. The van der Waals surface area contributed by atoms with Crippen LogP contribution >= 0.6 is 11.6 Å². The van der Waals surface area contributed by atoms with E-state index in [1.54, 1.807) is 24.3 Å². The summed E-state index contributed by atoms with van der Waals surface area (Å²) < 4.78 is 40.7. The lowest BCUT2D eigenvalue weighted by atomic mass is 9.82. The lowest BCUT2D eigenvalue weighted by Crippen LogP contribution is -2.69. The molecule has 0 unspecified atom stereocenters. The molecule has 1 aliphatic heterocycles. The summed E-state index contributed by atoms with van der Waals surface area (Å²) in [6.45, 7) is 0. The number of nitrogens with zero attached hydrogens (tertiary/aromatic N) is 1. The van der Waals surface area contributed by atoms with Crippen molar-refractivity contribution >= 4 is 29.5 Å². The molecule has 2 fully saturated rings. The van der Waals surface area contributed by atoms with E-state index in [9.17, 15) is 32.7 Å². The second kappa shape index (κ2) is 9.46. The molecule has 2 N–H and O–H groups in total. The highest BCUT2D eigenvalue weighted by molar-refractivity contribution is 6.30. The lowest BCUT2D eigenvalue weighted by molar-refractivity contribution is -0.173. The number of carboxylic acids is 1. The summed E-state index contributed by atoms with van der Waals surface area (Å²) in [7, 11) is 0. The Kier molecular flexibility index (Phi) is 7.13. The van der Waals surface area contributed by atoms with E-state index in [-0.39, 0.29) is 6.42 Å². The van der Waals surface area contributed by atoms with Crippen molar-refractivity contribution in [3.05, 3.63) is 34.9 Å². The summed E-state index contributed by atoms with van der Waals surface area (Å²) in [5.41, 5.74) is 0.832. The number of rotatable bonds is 6. The first-order valence-electron chi connectivity index (χ1n) is 10.3. The Morgan fingerprint density at radius 3 is 2.32 bits per heavy atom. The van der Waals surface area contributed by atoms with Gasteiger partial charge >= 0.3 is 18.2 Å². The zero-order chi connectivity index (χ0) is 22.8. The highest BCUT2D eigenvalue weighted by Gasteiger charge is 2.56. The standard InChI is InChI=1S/C21H24ClF3N2O4/c22-14-9-6-12(7-10-14)8-11-15-16(19(29)30)27(18(15)28)20(31)26-17(21(23,24)25)13-4-2-1-3-5-13/h6-7,9-10,13,15-17H,1-5,8,11H2,(H,26,31)(H,29,30)/t15-,16+,17+/m1/s1. The number of amides is 3. The molecule has 2 aliphatic rings. The molecule has 3 rings (SSSR count). The fourth-order valence-electron chi connectivity index (χ4n) is 4.45. The van der Waals surface area contributed by atoms with Crippen molar-refractivity contribution in [2.24, 2.45) is 11.8 Å². The van der Waals surface area contributed by atoms with Crippen LogP contribution in [0.3, 0.4) is 0 Å². The monoisotopic (exact) mass is 460 g/mol. The number of carbonyl (C=O) groups is 3. The molecule has 1 saturated heterocycles. The maximum absolute atomic E-state index is 13.6. The van der Waals surface area contributed by atoms with Crippen molar-refractivity contribution in [1.29, 1.82) is 0 Å². The molecule has 1 saturated carbocycles. The third-order valence-corrected chi connectivity index (χ3v) is 6.35. The molecule has 170 valence electrons. The van der Waals surface area contributed by atoms with Crippen molar-refractivity contribution < 1.29 is 32.7 Å². The predicted octanol–water partition coefficient (Wildman–Crippen LogP) is 4.41. The minimum Gasteiger partial charge on any atom is -0.480 e.